The van der Waals surface area contributed by atoms with E-state index in [1.165, 1.54) is 3.57 Å². The lowest BCUT2D eigenvalue weighted by Gasteiger charge is -1.94. The van der Waals surface area contributed by atoms with Crippen LogP contribution in [0.4, 0.5) is 17.3 Å². The molecule has 0 saturated carbocycles. The van der Waals surface area contributed by atoms with E-state index in [9.17, 15) is 17.3 Å². The Bertz CT molecular complexity index is 245. The minimum atomic E-state index is -6.00. The number of nitrogens with one attached hydrogen (secondary N) is 1. The summed E-state index contributed by atoms with van der Waals surface area (Å²) < 4.78 is 40.3. The highest BCUT2D eigenvalue weighted by molar-refractivity contribution is 14.1. The number of hydrogen-bond donors (Lipinski definition) is 1. The molecule has 8 heteroatoms. The van der Waals surface area contributed by atoms with E-state index in [-0.39, 0.29) is 0 Å². The third kappa shape index (κ3) is 22.5. The van der Waals surface area contributed by atoms with Gasteiger partial charge in [-0.25, -0.2) is 0 Å². The fourth-order valence-electron chi connectivity index (χ4n) is 0.415. The highest BCUT2D eigenvalue weighted by atomic mass is 127. The molecule has 14 heavy (non-hydrogen) atoms. The molecule has 0 amide bonds. The minimum Gasteiger partial charge on any atom is -0.418 e. The van der Waals surface area contributed by atoms with E-state index >= 15 is 0 Å². The molecule has 1 rings (SSSR count). The van der Waals surface area contributed by atoms with Crippen LogP contribution in [-0.2, 0) is 0 Å². The van der Waals surface area contributed by atoms with Gasteiger partial charge in [0.25, 0.3) is 0 Å². The Labute approximate surface area is 92.0 Å². The third-order valence-corrected chi connectivity index (χ3v) is 1.45. The second kappa shape index (κ2) is 8.74. The fourth-order valence-corrected chi connectivity index (χ4v) is 0.830. The molecule has 0 saturated heterocycles. The van der Waals surface area contributed by atoms with Crippen molar-refractivity contribution >= 4 is 29.8 Å². The van der Waals surface area contributed by atoms with Gasteiger partial charge in [0.15, 0.2) is 0 Å². The van der Waals surface area contributed by atoms with Gasteiger partial charge in [-0.05, 0) is 34.7 Å². The Morgan fingerprint density at radius 1 is 1.00 bits per heavy atom. The average Bonchev–Trinajstić information content (AvgIpc) is 2.06. The van der Waals surface area contributed by atoms with Gasteiger partial charge < -0.3 is 17.3 Å². The smallest absolute Gasteiger partial charge is 0.418 e. The Morgan fingerprint density at radius 3 is 1.43 bits per heavy atom. The summed E-state index contributed by atoms with van der Waals surface area (Å²) in [5.74, 6) is 0. The molecule has 1 N–H and O–H groups in total. The summed E-state index contributed by atoms with van der Waals surface area (Å²) in [5.41, 5.74) is 0. The maximum Gasteiger partial charge on any atom is 0.673 e. The number of rotatable bonds is 0. The van der Waals surface area contributed by atoms with Crippen molar-refractivity contribution in [1.82, 2.24) is 0 Å². The predicted molar refractivity (Wildman–Crippen MR) is 52.0 cm³/mol. The summed E-state index contributed by atoms with van der Waals surface area (Å²) in [5, 5.41) is 11.0. The first-order chi connectivity index (χ1) is 6.39. The number of diazo groups is 1. The molecule has 2 nitrogen and oxygen atoms in total. The van der Waals surface area contributed by atoms with E-state index in [0.717, 1.165) is 0 Å². The lowest BCUT2D eigenvalue weighted by Crippen LogP contribution is -2.11. The lowest BCUT2D eigenvalue weighted by molar-refractivity contribution is -0.175. The van der Waals surface area contributed by atoms with E-state index in [1.54, 1.807) is 0 Å². The Morgan fingerprint density at radius 2 is 1.29 bits per heavy atom. The number of halogens is 5. The summed E-state index contributed by atoms with van der Waals surface area (Å²) in [6, 6.07) is 10.2. The van der Waals surface area contributed by atoms with Crippen LogP contribution in [0.3, 0.4) is 0 Å². The van der Waals surface area contributed by atoms with Crippen molar-refractivity contribution in [3.8, 4) is 0 Å². The molecular weight excluding hydrogens is 314 g/mol. The molecule has 0 radical (unpaired) electrons. The van der Waals surface area contributed by atoms with Crippen LogP contribution < -0.4 is 5.39 Å². The molecule has 0 aliphatic carbocycles. The van der Waals surface area contributed by atoms with Gasteiger partial charge in [0.1, 0.15) is 0 Å². The van der Waals surface area contributed by atoms with Gasteiger partial charge in [-0.2, -0.15) is 0 Å². The fraction of sp³-hybridized carbons (Fsp3) is 0. The van der Waals surface area contributed by atoms with Gasteiger partial charge in [0, 0.05) is 3.57 Å². The monoisotopic (exact) mass is 320 g/mol. The van der Waals surface area contributed by atoms with Crippen LogP contribution in [0, 0.1) is 8.96 Å². The van der Waals surface area contributed by atoms with Crippen LogP contribution in [0.1, 0.15) is 0 Å². The van der Waals surface area contributed by atoms with Gasteiger partial charge >= 0.3 is 7.25 Å². The molecule has 78 valence electrons. The topological polar surface area (TPSA) is 47.6 Å². The molecule has 0 heterocycles. The van der Waals surface area contributed by atoms with Crippen molar-refractivity contribution in [2.45, 2.75) is 0 Å². The first kappa shape index (κ1) is 15.6. The van der Waals surface area contributed by atoms with Crippen LogP contribution in [0.2, 0.25) is 0 Å². The summed E-state index contributed by atoms with van der Waals surface area (Å²) in [6.45, 7) is 0. The SMILES string of the molecule is F[B-](F)(F)F.Ic1ccccc1.N#[NH+]. The Balaban J connectivity index is 0. The summed E-state index contributed by atoms with van der Waals surface area (Å²) in [7, 11) is -6.00. The summed E-state index contributed by atoms with van der Waals surface area (Å²) in [4.78, 5) is 0. The molecule has 0 aliphatic heterocycles. The van der Waals surface area contributed by atoms with Crippen molar-refractivity contribution < 1.29 is 22.7 Å². The molecule has 0 unspecified atom stereocenters. The minimum absolute atomic E-state index is 1.29. The quantitative estimate of drug-likeness (QED) is 0.337. The zero-order valence-corrected chi connectivity index (χ0v) is 8.96. The van der Waals surface area contributed by atoms with Gasteiger partial charge in [0.05, 0.1) is 5.39 Å². The van der Waals surface area contributed by atoms with E-state index < -0.39 is 7.25 Å². The van der Waals surface area contributed by atoms with Crippen LogP contribution >= 0.6 is 22.6 Å². The predicted octanol–water partition coefficient (Wildman–Crippen LogP) is 1.87. The molecule has 1 aromatic carbocycles. The van der Waals surface area contributed by atoms with Crippen molar-refractivity contribution in [2.24, 2.45) is 0 Å². The maximum atomic E-state index is 9.75. The van der Waals surface area contributed by atoms with Crippen molar-refractivity contribution in [3.05, 3.63) is 33.9 Å². The van der Waals surface area contributed by atoms with Gasteiger partial charge in [-0.1, -0.05) is 18.2 Å². The van der Waals surface area contributed by atoms with Crippen LogP contribution in [0.25, 0.3) is 0 Å². The van der Waals surface area contributed by atoms with E-state index in [2.05, 4.69) is 34.7 Å². The molecule has 1 aromatic rings. The second-order valence-electron chi connectivity index (χ2n) is 1.79. The number of hydrogen-bond acceptors (Lipinski definition) is 1. The normalized spacial score (nSPS) is 8.79. The second-order valence-corrected chi connectivity index (χ2v) is 3.04. The van der Waals surface area contributed by atoms with E-state index in [0.29, 0.717) is 0 Å². The van der Waals surface area contributed by atoms with Gasteiger partial charge in [-0.15, -0.1) is 0 Å². The van der Waals surface area contributed by atoms with Crippen LogP contribution in [-0.4, -0.2) is 7.25 Å². The molecular formula is C6H6BF4IN2. The summed E-state index contributed by atoms with van der Waals surface area (Å²) in [6.07, 6.45) is 0. The van der Waals surface area contributed by atoms with Gasteiger partial charge in [-0.3, -0.25) is 0 Å². The largest absolute Gasteiger partial charge is 0.673 e. The first-order valence-corrected chi connectivity index (χ1v) is 4.27. The Hall–Kier alpha value is -0.845. The average molecular weight is 320 g/mol. The van der Waals surface area contributed by atoms with Gasteiger partial charge in [0.2, 0.25) is 5.39 Å². The van der Waals surface area contributed by atoms with Crippen LogP contribution in [0.5, 0.6) is 0 Å². The number of benzene rings is 1. The maximum absolute atomic E-state index is 9.75. The standard InChI is InChI=1S/C6H5I.BF4.N2/c7-6-4-2-1-3-5-6;2-1(3,4)5;1-2/h1-5H;;/q;-1;/p+1. The molecule has 0 aromatic heterocycles. The molecule has 0 aliphatic rings. The first-order valence-electron chi connectivity index (χ1n) is 3.20. The van der Waals surface area contributed by atoms with Crippen molar-refractivity contribution in [2.75, 3.05) is 0 Å². The highest BCUT2D eigenvalue weighted by Crippen LogP contribution is 2.06. The van der Waals surface area contributed by atoms with Crippen molar-refractivity contribution in [1.29, 1.82) is 5.39 Å². The van der Waals surface area contributed by atoms with E-state index in [4.69, 9.17) is 10.8 Å². The van der Waals surface area contributed by atoms with Crippen LogP contribution in [0.15, 0.2) is 30.3 Å². The lowest BCUT2D eigenvalue weighted by atomic mass is 10.3. The van der Waals surface area contributed by atoms with E-state index in [1.807, 2.05) is 18.2 Å². The third-order valence-electron chi connectivity index (χ3n) is 0.733. The molecule has 0 spiro atoms. The molecule has 0 fully saturated rings. The zero-order valence-electron chi connectivity index (χ0n) is 6.80. The Kier molecular flexibility index (Phi) is 9.75. The highest BCUT2D eigenvalue weighted by Gasteiger charge is 2.20. The zero-order chi connectivity index (χ0) is 11.6. The number of nitrogens with zero attached hydrogens (tertiary/aromatic N) is 1. The molecule has 0 bridgehead atoms. The summed E-state index contributed by atoms with van der Waals surface area (Å²) >= 11 is 2.28. The van der Waals surface area contributed by atoms with Crippen molar-refractivity contribution in [3.63, 3.8) is 0 Å². The molecule has 0 atom stereocenters.